The molecule has 0 aromatic carbocycles. The van der Waals surface area contributed by atoms with Crippen LogP contribution in [-0.2, 0) is 11.3 Å². The summed E-state index contributed by atoms with van der Waals surface area (Å²) >= 11 is 0. The van der Waals surface area contributed by atoms with Gasteiger partial charge in [0.15, 0.2) is 5.96 Å². The Bertz CT molecular complexity index is 725. The van der Waals surface area contributed by atoms with Crippen molar-refractivity contribution >= 4 is 35.8 Å². The average molecular weight is 543 g/mol. The lowest BCUT2D eigenvalue weighted by Gasteiger charge is -2.39. The van der Waals surface area contributed by atoms with Crippen LogP contribution in [-0.4, -0.2) is 83.9 Å². The average Bonchev–Trinajstić information content (AvgIpc) is 2.72. The summed E-state index contributed by atoms with van der Waals surface area (Å²) in [5, 5.41) is 3.41. The predicted octanol–water partition coefficient (Wildman–Crippen LogP) is 2.60. The van der Waals surface area contributed by atoms with Gasteiger partial charge in [0, 0.05) is 52.0 Å². The molecule has 2 atom stereocenters. The fourth-order valence-corrected chi connectivity index (χ4v) is 4.54. The minimum Gasteiger partial charge on any atom is -0.357 e. The summed E-state index contributed by atoms with van der Waals surface area (Å²) in [6, 6.07) is 4.03. The number of piperazine rings is 1. The lowest BCUT2D eigenvalue weighted by molar-refractivity contribution is -0.135. The van der Waals surface area contributed by atoms with Crippen LogP contribution in [0.4, 0.5) is 0 Å². The van der Waals surface area contributed by atoms with Gasteiger partial charge in [-0.2, -0.15) is 0 Å². The number of halogens is 1. The van der Waals surface area contributed by atoms with Crippen molar-refractivity contribution < 1.29 is 4.79 Å². The van der Waals surface area contributed by atoms with Gasteiger partial charge < -0.3 is 15.1 Å². The summed E-state index contributed by atoms with van der Waals surface area (Å²) in [5.74, 6) is 2.44. The van der Waals surface area contributed by atoms with Crippen molar-refractivity contribution in [3.8, 4) is 0 Å². The van der Waals surface area contributed by atoms with Gasteiger partial charge in [0.25, 0.3) is 0 Å². The maximum Gasteiger partial charge on any atom is 0.236 e. The van der Waals surface area contributed by atoms with Crippen molar-refractivity contribution in [3.63, 3.8) is 0 Å². The molecule has 0 aliphatic carbocycles. The van der Waals surface area contributed by atoms with Gasteiger partial charge in [-0.1, -0.05) is 19.9 Å². The number of aliphatic imine (C=N–C) groups is 1. The molecular formula is C23H39IN6O. The number of carbonyl (C=O) groups is 1. The molecule has 2 unspecified atom stereocenters. The molecule has 174 valence electrons. The molecule has 0 saturated carbocycles. The van der Waals surface area contributed by atoms with E-state index in [2.05, 4.69) is 58.8 Å². The molecule has 0 spiro atoms. The summed E-state index contributed by atoms with van der Waals surface area (Å²) in [6.45, 7) is 16.0. The van der Waals surface area contributed by atoms with E-state index >= 15 is 0 Å². The van der Waals surface area contributed by atoms with E-state index in [0.29, 0.717) is 24.9 Å². The first-order valence-electron chi connectivity index (χ1n) is 11.4. The van der Waals surface area contributed by atoms with Crippen molar-refractivity contribution in [2.45, 2.75) is 40.7 Å². The number of hydrogen-bond acceptors (Lipinski definition) is 4. The van der Waals surface area contributed by atoms with Gasteiger partial charge in [-0.3, -0.25) is 14.7 Å². The number of likely N-dealkylation sites (tertiary alicyclic amines) is 1. The first-order chi connectivity index (χ1) is 14.5. The molecule has 1 N–H and O–H groups in total. The third-order valence-corrected chi connectivity index (χ3v) is 6.08. The summed E-state index contributed by atoms with van der Waals surface area (Å²) in [5.41, 5.74) is 2.18. The van der Waals surface area contributed by atoms with Gasteiger partial charge in [-0.25, -0.2) is 4.99 Å². The van der Waals surface area contributed by atoms with Crippen LogP contribution in [0.1, 0.15) is 38.4 Å². The standard InChI is InChI=1S/C23H38N6O.HI/c1-5-24-23(26-14-21-20(4)7-6-8-25-21)28-11-9-27(10-12-28)17-22(30)29-15-18(2)13-19(3)16-29;/h6-8,18-19H,5,9-17H2,1-4H3,(H,24,26);1H. The molecule has 7 nitrogen and oxygen atoms in total. The molecule has 0 radical (unpaired) electrons. The van der Waals surface area contributed by atoms with Crippen molar-refractivity contribution in [3.05, 3.63) is 29.6 Å². The number of piperidine rings is 1. The molecule has 3 rings (SSSR count). The van der Waals surface area contributed by atoms with Gasteiger partial charge in [0.05, 0.1) is 18.8 Å². The lowest BCUT2D eigenvalue weighted by atomic mass is 9.92. The molecule has 2 aliphatic rings. The van der Waals surface area contributed by atoms with Crippen LogP contribution in [0.5, 0.6) is 0 Å². The van der Waals surface area contributed by atoms with Crippen LogP contribution >= 0.6 is 24.0 Å². The van der Waals surface area contributed by atoms with E-state index in [9.17, 15) is 4.79 Å². The third-order valence-electron chi connectivity index (χ3n) is 6.08. The zero-order valence-corrected chi connectivity index (χ0v) is 21.8. The first kappa shape index (κ1) is 25.8. The number of guanidine groups is 1. The topological polar surface area (TPSA) is 64.1 Å². The van der Waals surface area contributed by atoms with E-state index in [1.54, 1.807) is 0 Å². The Morgan fingerprint density at radius 3 is 2.45 bits per heavy atom. The molecule has 1 amide bonds. The third kappa shape index (κ3) is 7.59. The van der Waals surface area contributed by atoms with E-state index in [4.69, 9.17) is 4.99 Å². The number of nitrogens with zero attached hydrogens (tertiary/aromatic N) is 5. The Morgan fingerprint density at radius 2 is 1.84 bits per heavy atom. The quantitative estimate of drug-likeness (QED) is 0.352. The fraction of sp³-hybridized carbons (Fsp3) is 0.696. The Labute approximate surface area is 204 Å². The highest BCUT2D eigenvalue weighted by Gasteiger charge is 2.28. The number of carbonyl (C=O) groups excluding carboxylic acids is 1. The van der Waals surface area contributed by atoms with Crippen LogP contribution in [0.15, 0.2) is 23.3 Å². The largest absolute Gasteiger partial charge is 0.357 e. The highest BCUT2D eigenvalue weighted by atomic mass is 127. The van der Waals surface area contributed by atoms with Crippen LogP contribution in [0.25, 0.3) is 0 Å². The maximum absolute atomic E-state index is 12.8. The molecule has 31 heavy (non-hydrogen) atoms. The Balaban J connectivity index is 0.00000341. The number of pyridine rings is 1. The van der Waals surface area contributed by atoms with E-state index in [1.807, 2.05) is 12.3 Å². The SMILES string of the molecule is CCNC(=NCc1ncccc1C)N1CCN(CC(=O)N2CC(C)CC(C)C2)CC1.I. The van der Waals surface area contributed by atoms with Crippen LogP contribution < -0.4 is 5.32 Å². The van der Waals surface area contributed by atoms with Crippen LogP contribution in [0.2, 0.25) is 0 Å². The van der Waals surface area contributed by atoms with Crippen molar-refractivity contribution in [1.82, 2.24) is 25.0 Å². The van der Waals surface area contributed by atoms with Crippen LogP contribution in [0, 0.1) is 18.8 Å². The van der Waals surface area contributed by atoms with Gasteiger partial charge in [-0.15, -0.1) is 24.0 Å². The van der Waals surface area contributed by atoms with E-state index in [1.165, 1.54) is 12.0 Å². The summed E-state index contributed by atoms with van der Waals surface area (Å²) in [6.07, 6.45) is 3.05. The number of aromatic nitrogens is 1. The molecule has 2 saturated heterocycles. The van der Waals surface area contributed by atoms with Gasteiger partial charge in [0.1, 0.15) is 0 Å². The van der Waals surface area contributed by atoms with Crippen molar-refractivity contribution in [2.24, 2.45) is 16.8 Å². The predicted molar refractivity (Wildman–Crippen MR) is 137 cm³/mol. The van der Waals surface area contributed by atoms with E-state index < -0.39 is 0 Å². The number of nitrogens with one attached hydrogen (secondary N) is 1. The highest BCUT2D eigenvalue weighted by molar-refractivity contribution is 14.0. The molecule has 1 aromatic rings. The summed E-state index contributed by atoms with van der Waals surface area (Å²) in [4.78, 5) is 28.7. The monoisotopic (exact) mass is 542 g/mol. The zero-order valence-electron chi connectivity index (χ0n) is 19.5. The Kier molecular flexibility index (Phi) is 10.5. The minimum absolute atomic E-state index is 0. The second-order valence-corrected chi connectivity index (χ2v) is 8.95. The number of hydrogen-bond donors (Lipinski definition) is 1. The molecule has 1 aromatic heterocycles. The summed E-state index contributed by atoms with van der Waals surface area (Å²) < 4.78 is 0. The molecule has 2 aliphatic heterocycles. The second kappa shape index (κ2) is 12.6. The Morgan fingerprint density at radius 1 is 1.16 bits per heavy atom. The molecule has 2 fully saturated rings. The fourth-order valence-electron chi connectivity index (χ4n) is 4.54. The van der Waals surface area contributed by atoms with Gasteiger partial charge in [0.2, 0.25) is 5.91 Å². The summed E-state index contributed by atoms with van der Waals surface area (Å²) in [7, 11) is 0. The van der Waals surface area contributed by atoms with Gasteiger partial charge in [-0.05, 0) is 43.7 Å². The number of aryl methyl sites for hydroxylation is 1. The number of amides is 1. The lowest BCUT2D eigenvalue weighted by Crippen LogP contribution is -2.55. The van der Waals surface area contributed by atoms with E-state index in [0.717, 1.165) is 57.5 Å². The molecular weight excluding hydrogens is 503 g/mol. The van der Waals surface area contributed by atoms with Crippen LogP contribution in [0.3, 0.4) is 0 Å². The van der Waals surface area contributed by atoms with Gasteiger partial charge >= 0.3 is 0 Å². The van der Waals surface area contributed by atoms with Crippen molar-refractivity contribution in [2.75, 3.05) is 52.4 Å². The normalized spacial score (nSPS) is 22.8. The highest BCUT2D eigenvalue weighted by Crippen LogP contribution is 2.21. The maximum atomic E-state index is 12.8. The van der Waals surface area contributed by atoms with E-state index in [-0.39, 0.29) is 29.9 Å². The zero-order chi connectivity index (χ0) is 21.5. The molecule has 0 bridgehead atoms. The van der Waals surface area contributed by atoms with Crippen molar-refractivity contribution in [1.29, 1.82) is 0 Å². The molecule has 3 heterocycles. The molecule has 8 heteroatoms. The minimum atomic E-state index is 0. The smallest absolute Gasteiger partial charge is 0.236 e. The first-order valence-corrected chi connectivity index (χ1v) is 11.4. The number of rotatable bonds is 5. The Hall–Kier alpha value is -1.42. The second-order valence-electron chi connectivity index (χ2n) is 8.95.